The van der Waals surface area contributed by atoms with E-state index in [1.807, 2.05) is 0 Å². The van der Waals surface area contributed by atoms with Crippen molar-refractivity contribution >= 4 is 32.2 Å². The molecule has 5 heteroatoms. The second-order valence-corrected chi connectivity index (χ2v) is 5.72. The summed E-state index contributed by atoms with van der Waals surface area (Å²) in [7, 11) is 0. The molecule has 2 aromatic rings. The zero-order chi connectivity index (χ0) is 11.7. The molecule has 0 aromatic carbocycles. The molecule has 0 saturated heterocycles. The third-order valence-electron chi connectivity index (χ3n) is 2.44. The van der Waals surface area contributed by atoms with E-state index in [0.717, 1.165) is 28.2 Å². The first-order valence-electron chi connectivity index (χ1n) is 5.05. The highest BCUT2D eigenvalue weighted by Crippen LogP contribution is 2.20. The third-order valence-corrected chi connectivity index (χ3v) is 3.66. The molecular formula is C11H14BrN3S. The van der Waals surface area contributed by atoms with Gasteiger partial charge in [-0.2, -0.15) is 0 Å². The second kappa shape index (κ2) is 4.69. The van der Waals surface area contributed by atoms with Gasteiger partial charge < -0.3 is 5.32 Å². The Labute approximate surface area is 107 Å². The normalized spacial score (nSPS) is 11.2. The van der Waals surface area contributed by atoms with Crippen LogP contribution in [0, 0.1) is 13.8 Å². The Morgan fingerprint density at radius 1 is 1.62 bits per heavy atom. The fourth-order valence-electron chi connectivity index (χ4n) is 1.69. The van der Waals surface area contributed by atoms with Crippen molar-refractivity contribution in [3.8, 4) is 0 Å². The summed E-state index contributed by atoms with van der Waals surface area (Å²) in [5.41, 5.74) is 3.58. The Morgan fingerprint density at radius 3 is 3.06 bits per heavy atom. The van der Waals surface area contributed by atoms with E-state index in [4.69, 9.17) is 0 Å². The number of rotatable bonds is 4. The van der Waals surface area contributed by atoms with Crippen molar-refractivity contribution in [2.75, 3.05) is 6.54 Å². The molecule has 16 heavy (non-hydrogen) atoms. The summed E-state index contributed by atoms with van der Waals surface area (Å²) in [5, 5.41) is 5.47. The van der Waals surface area contributed by atoms with Gasteiger partial charge in [0.05, 0.1) is 11.4 Å². The molecule has 0 bridgehead atoms. The molecule has 0 aliphatic rings. The molecular weight excluding hydrogens is 286 g/mol. The van der Waals surface area contributed by atoms with Crippen molar-refractivity contribution < 1.29 is 0 Å². The number of imidazole rings is 1. The van der Waals surface area contributed by atoms with Crippen LogP contribution in [0.25, 0.3) is 4.96 Å². The lowest BCUT2D eigenvalue weighted by molar-refractivity contribution is 0.724. The molecule has 0 radical (unpaired) electrons. The first-order valence-corrected chi connectivity index (χ1v) is 6.73. The number of thiazole rings is 1. The lowest BCUT2D eigenvalue weighted by Crippen LogP contribution is -2.16. The highest BCUT2D eigenvalue weighted by molar-refractivity contribution is 9.11. The molecule has 0 atom stereocenters. The van der Waals surface area contributed by atoms with Gasteiger partial charge in [-0.3, -0.25) is 4.40 Å². The Bertz CT molecular complexity index is 527. The average molecular weight is 300 g/mol. The highest BCUT2D eigenvalue weighted by atomic mass is 79.9. The van der Waals surface area contributed by atoms with Gasteiger partial charge in [0.25, 0.3) is 0 Å². The Morgan fingerprint density at radius 2 is 2.38 bits per heavy atom. The van der Waals surface area contributed by atoms with Crippen molar-refractivity contribution in [1.29, 1.82) is 0 Å². The van der Waals surface area contributed by atoms with E-state index in [-0.39, 0.29) is 0 Å². The van der Waals surface area contributed by atoms with E-state index < -0.39 is 0 Å². The van der Waals surface area contributed by atoms with Crippen LogP contribution in [0.3, 0.4) is 0 Å². The molecule has 2 rings (SSSR count). The lowest BCUT2D eigenvalue weighted by atomic mass is 10.3. The molecule has 1 N–H and O–H groups in total. The molecule has 86 valence electrons. The van der Waals surface area contributed by atoms with Gasteiger partial charge >= 0.3 is 0 Å². The van der Waals surface area contributed by atoms with Gasteiger partial charge in [-0.15, -0.1) is 11.3 Å². The van der Waals surface area contributed by atoms with E-state index in [0.29, 0.717) is 0 Å². The number of aryl methyl sites for hydroxylation is 2. The van der Waals surface area contributed by atoms with Crippen LogP contribution in [0.2, 0.25) is 0 Å². The van der Waals surface area contributed by atoms with Gasteiger partial charge in [0.1, 0.15) is 0 Å². The van der Waals surface area contributed by atoms with Gasteiger partial charge in [-0.05, 0) is 13.8 Å². The van der Waals surface area contributed by atoms with Gasteiger partial charge in [0.2, 0.25) is 0 Å². The van der Waals surface area contributed by atoms with Crippen molar-refractivity contribution in [2.45, 2.75) is 20.4 Å². The predicted molar refractivity (Wildman–Crippen MR) is 72.3 cm³/mol. The quantitative estimate of drug-likeness (QED) is 0.940. The van der Waals surface area contributed by atoms with Crippen molar-refractivity contribution in [2.24, 2.45) is 0 Å². The molecule has 0 amide bonds. The average Bonchev–Trinajstić information content (AvgIpc) is 2.69. The van der Waals surface area contributed by atoms with Gasteiger partial charge in [0, 0.05) is 28.6 Å². The van der Waals surface area contributed by atoms with Gasteiger partial charge in [0.15, 0.2) is 4.96 Å². The highest BCUT2D eigenvalue weighted by Gasteiger charge is 2.11. The van der Waals surface area contributed by atoms with E-state index >= 15 is 0 Å². The van der Waals surface area contributed by atoms with E-state index in [2.05, 4.69) is 56.4 Å². The predicted octanol–water partition coefficient (Wildman–Crippen LogP) is 3.01. The third kappa shape index (κ3) is 2.21. The summed E-state index contributed by atoms with van der Waals surface area (Å²) in [6.07, 6.45) is 0. The maximum absolute atomic E-state index is 4.54. The SMILES string of the molecule is C=C(Br)CNCc1c(C)nc2scc(C)n12. The maximum atomic E-state index is 4.54. The number of nitrogens with one attached hydrogen (secondary N) is 1. The fraction of sp³-hybridized carbons (Fsp3) is 0.364. The van der Waals surface area contributed by atoms with Crippen molar-refractivity contribution in [3.63, 3.8) is 0 Å². The summed E-state index contributed by atoms with van der Waals surface area (Å²) < 4.78 is 3.18. The van der Waals surface area contributed by atoms with Crippen molar-refractivity contribution in [1.82, 2.24) is 14.7 Å². The molecule has 0 aliphatic carbocycles. The first-order chi connectivity index (χ1) is 7.59. The Kier molecular flexibility index (Phi) is 3.47. The minimum Gasteiger partial charge on any atom is -0.307 e. The van der Waals surface area contributed by atoms with Gasteiger partial charge in [-0.25, -0.2) is 4.98 Å². The molecule has 0 aliphatic heterocycles. The summed E-state index contributed by atoms with van der Waals surface area (Å²) in [4.78, 5) is 5.61. The molecule has 3 nitrogen and oxygen atoms in total. The van der Waals surface area contributed by atoms with Crippen LogP contribution in [0.15, 0.2) is 16.4 Å². The first kappa shape index (κ1) is 11.8. The molecule has 0 unspecified atom stereocenters. The summed E-state index contributed by atoms with van der Waals surface area (Å²) in [6.45, 7) is 9.55. The van der Waals surface area contributed by atoms with E-state index in [1.54, 1.807) is 11.3 Å². The van der Waals surface area contributed by atoms with Crippen LogP contribution in [0.4, 0.5) is 0 Å². The number of fused-ring (bicyclic) bond motifs is 1. The number of hydrogen-bond acceptors (Lipinski definition) is 3. The van der Waals surface area contributed by atoms with Crippen LogP contribution in [0.5, 0.6) is 0 Å². The Hall–Kier alpha value is -0.650. The minimum atomic E-state index is 0.774. The zero-order valence-corrected chi connectivity index (χ0v) is 11.8. The fourth-order valence-corrected chi connectivity index (χ4v) is 2.82. The van der Waals surface area contributed by atoms with Crippen LogP contribution < -0.4 is 5.32 Å². The van der Waals surface area contributed by atoms with E-state index in [1.165, 1.54) is 11.4 Å². The summed E-state index contributed by atoms with van der Waals surface area (Å²) >= 11 is 5.02. The summed E-state index contributed by atoms with van der Waals surface area (Å²) in [5.74, 6) is 0. The zero-order valence-electron chi connectivity index (χ0n) is 9.38. The minimum absolute atomic E-state index is 0.774. The topological polar surface area (TPSA) is 29.3 Å². The number of nitrogens with zero attached hydrogens (tertiary/aromatic N) is 2. The summed E-state index contributed by atoms with van der Waals surface area (Å²) in [6, 6.07) is 0. The Balaban J connectivity index is 2.24. The number of aromatic nitrogens is 2. The van der Waals surface area contributed by atoms with E-state index in [9.17, 15) is 0 Å². The van der Waals surface area contributed by atoms with Crippen LogP contribution >= 0.6 is 27.3 Å². The lowest BCUT2D eigenvalue weighted by Gasteiger charge is -2.04. The van der Waals surface area contributed by atoms with Crippen LogP contribution in [-0.4, -0.2) is 15.9 Å². The van der Waals surface area contributed by atoms with Crippen LogP contribution in [0.1, 0.15) is 17.1 Å². The molecule has 0 saturated carbocycles. The molecule has 0 spiro atoms. The van der Waals surface area contributed by atoms with Crippen molar-refractivity contribution in [3.05, 3.63) is 33.5 Å². The maximum Gasteiger partial charge on any atom is 0.194 e. The molecule has 2 aromatic heterocycles. The standard InChI is InChI=1S/C11H14BrN3S/c1-7(12)4-13-5-10-9(3)14-11-15(10)8(2)6-16-11/h6,13H,1,4-5H2,2-3H3. The van der Waals surface area contributed by atoms with Gasteiger partial charge in [-0.1, -0.05) is 22.5 Å². The van der Waals surface area contributed by atoms with Crippen LogP contribution in [-0.2, 0) is 6.54 Å². The molecule has 2 heterocycles. The monoisotopic (exact) mass is 299 g/mol. The smallest absolute Gasteiger partial charge is 0.194 e. The number of halogens is 1. The number of hydrogen-bond donors (Lipinski definition) is 1. The second-order valence-electron chi connectivity index (χ2n) is 3.76. The molecule has 0 fully saturated rings. The largest absolute Gasteiger partial charge is 0.307 e.